The van der Waals surface area contributed by atoms with E-state index in [0.29, 0.717) is 4.47 Å². The van der Waals surface area contributed by atoms with Crippen molar-refractivity contribution in [3.05, 3.63) is 21.4 Å². The van der Waals surface area contributed by atoms with E-state index >= 15 is 0 Å². The molecule has 2 rings (SSSR count). The SMILES string of the molecule is O=C1COc2c(Br)cc(Cl)c(F)c2N1. The lowest BCUT2D eigenvalue weighted by molar-refractivity contribution is -0.118. The summed E-state index contributed by atoms with van der Waals surface area (Å²) in [6, 6.07) is 1.38. The Bertz CT molecular complexity index is 424. The van der Waals surface area contributed by atoms with Crippen LogP contribution in [0.25, 0.3) is 0 Å². The summed E-state index contributed by atoms with van der Waals surface area (Å²) in [5.41, 5.74) is -0.0133. The van der Waals surface area contributed by atoms with Crippen molar-refractivity contribution in [1.82, 2.24) is 0 Å². The van der Waals surface area contributed by atoms with Gasteiger partial charge in [-0.05, 0) is 22.0 Å². The summed E-state index contributed by atoms with van der Waals surface area (Å²) in [5.74, 6) is -0.810. The molecule has 1 aliphatic rings. The molecule has 1 amide bonds. The van der Waals surface area contributed by atoms with Crippen molar-refractivity contribution in [2.24, 2.45) is 0 Å². The van der Waals surface area contributed by atoms with E-state index < -0.39 is 11.7 Å². The van der Waals surface area contributed by atoms with Gasteiger partial charge in [-0.3, -0.25) is 4.79 Å². The van der Waals surface area contributed by atoms with Crippen LogP contribution in [-0.2, 0) is 4.79 Å². The van der Waals surface area contributed by atoms with Gasteiger partial charge < -0.3 is 10.1 Å². The maximum absolute atomic E-state index is 13.4. The van der Waals surface area contributed by atoms with E-state index in [1.54, 1.807) is 0 Å². The number of benzene rings is 1. The van der Waals surface area contributed by atoms with E-state index in [4.69, 9.17) is 16.3 Å². The highest BCUT2D eigenvalue weighted by Gasteiger charge is 2.24. The molecule has 0 fully saturated rings. The van der Waals surface area contributed by atoms with Gasteiger partial charge in [0.05, 0.1) is 9.50 Å². The first-order valence-corrected chi connectivity index (χ1v) is 4.87. The molecule has 1 heterocycles. The number of halogens is 3. The number of ether oxygens (including phenoxy) is 1. The molecular weight excluding hydrogens is 276 g/mol. The number of hydrogen-bond donors (Lipinski definition) is 1. The highest BCUT2D eigenvalue weighted by atomic mass is 79.9. The van der Waals surface area contributed by atoms with Crippen LogP contribution in [0.3, 0.4) is 0 Å². The fourth-order valence-corrected chi connectivity index (χ4v) is 2.02. The molecule has 74 valence electrons. The summed E-state index contributed by atoms with van der Waals surface area (Å²) < 4.78 is 18.9. The predicted molar refractivity (Wildman–Crippen MR) is 53.2 cm³/mol. The molecular formula is C8H4BrClFNO2. The fraction of sp³-hybridized carbons (Fsp3) is 0.125. The van der Waals surface area contributed by atoms with E-state index in [0.717, 1.165) is 0 Å². The molecule has 1 aromatic carbocycles. The quantitative estimate of drug-likeness (QED) is 0.742. The molecule has 0 aliphatic carbocycles. The normalized spacial score (nSPS) is 14.4. The summed E-state index contributed by atoms with van der Waals surface area (Å²) in [5, 5.41) is 2.29. The number of fused-ring (bicyclic) bond motifs is 1. The van der Waals surface area contributed by atoms with E-state index in [1.807, 2.05) is 0 Å². The third-order valence-electron chi connectivity index (χ3n) is 1.74. The van der Waals surface area contributed by atoms with Crippen molar-refractivity contribution < 1.29 is 13.9 Å². The molecule has 1 aliphatic heterocycles. The maximum Gasteiger partial charge on any atom is 0.262 e. The van der Waals surface area contributed by atoms with Crippen molar-refractivity contribution >= 4 is 39.1 Å². The van der Waals surface area contributed by atoms with Gasteiger partial charge >= 0.3 is 0 Å². The summed E-state index contributed by atoms with van der Waals surface area (Å²) >= 11 is 8.75. The zero-order chi connectivity index (χ0) is 10.3. The molecule has 0 radical (unpaired) electrons. The Morgan fingerprint density at radius 1 is 1.64 bits per heavy atom. The Hall–Kier alpha value is -0.810. The smallest absolute Gasteiger partial charge is 0.262 e. The highest BCUT2D eigenvalue weighted by Crippen LogP contribution is 2.40. The minimum Gasteiger partial charge on any atom is -0.480 e. The van der Waals surface area contributed by atoms with Crippen LogP contribution >= 0.6 is 27.5 Å². The van der Waals surface area contributed by atoms with Crippen LogP contribution in [0.15, 0.2) is 10.5 Å². The van der Waals surface area contributed by atoms with Crippen molar-refractivity contribution in [2.75, 3.05) is 11.9 Å². The molecule has 0 spiro atoms. The molecule has 0 unspecified atom stereocenters. The standard InChI is InChI=1S/C8H4BrClFNO2/c9-3-1-4(10)6(11)7-8(3)14-2-5(13)12-7/h1H,2H2,(H,12,13). The molecule has 0 saturated carbocycles. The maximum atomic E-state index is 13.4. The van der Waals surface area contributed by atoms with Gasteiger partial charge in [-0.1, -0.05) is 11.6 Å². The molecule has 1 N–H and O–H groups in total. The number of carbonyl (C=O) groups excluding carboxylic acids is 1. The number of carbonyl (C=O) groups is 1. The van der Waals surface area contributed by atoms with E-state index in [9.17, 15) is 9.18 Å². The second-order valence-corrected chi connectivity index (χ2v) is 3.96. The van der Waals surface area contributed by atoms with Crippen LogP contribution in [0, 0.1) is 5.82 Å². The summed E-state index contributed by atoms with van der Waals surface area (Å²) in [6.07, 6.45) is 0. The average molecular weight is 280 g/mol. The Morgan fingerprint density at radius 3 is 3.07 bits per heavy atom. The van der Waals surface area contributed by atoms with Gasteiger partial charge in [0.2, 0.25) is 0 Å². The van der Waals surface area contributed by atoms with Gasteiger partial charge in [-0.25, -0.2) is 4.39 Å². The molecule has 0 atom stereocenters. The lowest BCUT2D eigenvalue weighted by Gasteiger charge is -2.19. The predicted octanol–water partition coefficient (Wildman–Crippen LogP) is 2.57. The van der Waals surface area contributed by atoms with Gasteiger partial charge in [0.15, 0.2) is 18.2 Å². The van der Waals surface area contributed by atoms with Crippen LogP contribution in [0.1, 0.15) is 0 Å². The highest BCUT2D eigenvalue weighted by molar-refractivity contribution is 9.10. The Balaban J connectivity index is 2.63. The lowest BCUT2D eigenvalue weighted by atomic mass is 10.2. The van der Waals surface area contributed by atoms with Gasteiger partial charge in [-0.15, -0.1) is 0 Å². The largest absolute Gasteiger partial charge is 0.480 e. The summed E-state index contributed by atoms with van der Waals surface area (Å²) in [7, 11) is 0. The molecule has 0 saturated heterocycles. The molecule has 0 bridgehead atoms. The molecule has 0 aromatic heterocycles. The molecule has 6 heteroatoms. The van der Waals surface area contributed by atoms with Crippen LogP contribution in [0.4, 0.5) is 10.1 Å². The second kappa shape index (κ2) is 3.40. The Morgan fingerprint density at radius 2 is 2.36 bits per heavy atom. The van der Waals surface area contributed by atoms with Gasteiger partial charge in [0, 0.05) is 0 Å². The minimum atomic E-state index is -0.682. The number of amides is 1. The third kappa shape index (κ3) is 1.46. The lowest BCUT2D eigenvalue weighted by Crippen LogP contribution is -2.26. The Kier molecular flexibility index (Phi) is 2.36. The van der Waals surface area contributed by atoms with E-state index in [-0.39, 0.29) is 23.1 Å². The first kappa shape index (κ1) is 9.73. The zero-order valence-electron chi connectivity index (χ0n) is 6.73. The van der Waals surface area contributed by atoms with Crippen LogP contribution in [-0.4, -0.2) is 12.5 Å². The van der Waals surface area contributed by atoms with Crippen molar-refractivity contribution in [3.63, 3.8) is 0 Å². The van der Waals surface area contributed by atoms with Crippen molar-refractivity contribution in [2.45, 2.75) is 0 Å². The Labute approximate surface area is 92.3 Å². The first-order valence-electron chi connectivity index (χ1n) is 3.69. The second-order valence-electron chi connectivity index (χ2n) is 2.70. The van der Waals surface area contributed by atoms with E-state index in [1.165, 1.54) is 6.07 Å². The van der Waals surface area contributed by atoms with Crippen molar-refractivity contribution in [3.8, 4) is 5.75 Å². The monoisotopic (exact) mass is 279 g/mol. The third-order valence-corrected chi connectivity index (χ3v) is 2.60. The van der Waals surface area contributed by atoms with Crippen LogP contribution < -0.4 is 10.1 Å². The number of hydrogen-bond acceptors (Lipinski definition) is 2. The van der Waals surface area contributed by atoms with E-state index in [2.05, 4.69) is 21.2 Å². The van der Waals surface area contributed by atoms with Gasteiger partial charge in [0.1, 0.15) is 5.69 Å². The number of rotatable bonds is 0. The molecule has 14 heavy (non-hydrogen) atoms. The first-order chi connectivity index (χ1) is 6.59. The zero-order valence-corrected chi connectivity index (χ0v) is 9.08. The minimum absolute atomic E-state index is 0.0133. The number of nitrogens with one attached hydrogen (secondary N) is 1. The summed E-state index contributed by atoms with van der Waals surface area (Å²) in [4.78, 5) is 10.9. The average Bonchev–Trinajstić information content (AvgIpc) is 2.14. The number of anilines is 1. The molecule has 3 nitrogen and oxygen atoms in total. The van der Waals surface area contributed by atoms with Crippen LogP contribution in [0.2, 0.25) is 5.02 Å². The fourth-order valence-electron chi connectivity index (χ4n) is 1.14. The van der Waals surface area contributed by atoms with Gasteiger partial charge in [-0.2, -0.15) is 0 Å². The van der Waals surface area contributed by atoms with Crippen LogP contribution in [0.5, 0.6) is 5.75 Å². The molecule has 1 aromatic rings. The summed E-state index contributed by atoms with van der Waals surface area (Å²) in [6.45, 7) is -0.118. The van der Waals surface area contributed by atoms with Crippen molar-refractivity contribution in [1.29, 1.82) is 0 Å². The van der Waals surface area contributed by atoms with Gasteiger partial charge in [0.25, 0.3) is 5.91 Å². The topological polar surface area (TPSA) is 38.3 Å².